The molecule has 0 spiro atoms. The van der Waals surface area contributed by atoms with E-state index in [9.17, 15) is 4.79 Å². The molecule has 1 N–H and O–H groups in total. The zero-order valence-corrected chi connectivity index (χ0v) is 6.70. The van der Waals surface area contributed by atoms with E-state index in [1.807, 2.05) is 6.26 Å². The summed E-state index contributed by atoms with van der Waals surface area (Å²) in [6.45, 7) is 0.654. The molecule has 0 saturated heterocycles. The van der Waals surface area contributed by atoms with Crippen LogP contribution in [-0.4, -0.2) is 24.5 Å². The van der Waals surface area contributed by atoms with E-state index in [0.717, 1.165) is 5.75 Å². The molecule has 1 amide bonds. The fourth-order valence-electron chi connectivity index (χ4n) is 0.427. The van der Waals surface area contributed by atoms with Crippen molar-refractivity contribution in [3.8, 4) is 6.07 Å². The lowest BCUT2D eigenvalue weighted by atomic mass is 10.4. The Morgan fingerprint density at radius 3 is 3.00 bits per heavy atom. The van der Waals surface area contributed by atoms with Crippen molar-refractivity contribution in [3.63, 3.8) is 0 Å². The van der Waals surface area contributed by atoms with E-state index < -0.39 is 0 Å². The summed E-state index contributed by atoms with van der Waals surface area (Å²) >= 11 is 1.66. The molecule has 0 aromatic heterocycles. The van der Waals surface area contributed by atoms with Crippen molar-refractivity contribution in [1.82, 2.24) is 5.32 Å². The third kappa shape index (κ3) is 5.45. The highest BCUT2D eigenvalue weighted by atomic mass is 32.2. The number of hydrogen-bond donors (Lipinski definition) is 1. The van der Waals surface area contributed by atoms with Gasteiger partial charge in [-0.05, 0) is 6.26 Å². The first-order valence-corrected chi connectivity index (χ1v) is 4.33. The quantitative estimate of drug-likeness (QED) is 0.602. The Morgan fingerprint density at radius 2 is 2.50 bits per heavy atom. The third-order valence-corrected chi connectivity index (χ3v) is 1.48. The van der Waals surface area contributed by atoms with Gasteiger partial charge in [0, 0.05) is 12.3 Å². The molecule has 0 rings (SSSR count). The zero-order valence-electron chi connectivity index (χ0n) is 5.89. The van der Waals surface area contributed by atoms with Gasteiger partial charge < -0.3 is 5.32 Å². The van der Waals surface area contributed by atoms with Crippen LogP contribution in [0.25, 0.3) is 0 Å². The summed E-state index contributed by atoms with van der Waals surface area (Å²) in [5.74, 6) is 0.716. The molecule has 0 aliphatic rings. The molecule has 0 aliphatic heterocycles. The highest BCUT2D eigenvalue weighted by molar-refractivity contribution is 7.98. The second kappa shape index (κ2) is 6.43. The summed E-state index contributed by atoms with van der Waals surface area (Å²) in [6.07, 6.45) is 1.94. The van der Waals surface area contributed by atoms with Crippen molar-refractivity contribution in [2.45, 2.75) is 6.42 Å². The Labute approximate surface area is 64.8 Å². The number of thioether (sulfide) groups is 1. The van der Waals surface area contributed by atoms with Gasteiger partial charge in [-0.1, -0.05) is 0 Å². The van der Waals surface area contributed by atoms with Gasteiger partial charge >= 0.3 is 0 Å². The van der Waals surface area contributed by atoms with E-state index in [2.05, 4.69) is 5.32 Å². The minimum absolute atomic E-state index is 0.0334. The first-order valence-electron chi connectivity index (χ1n) is 2.94. The summed E-state index contributed by atoms with van der Waals surface area (Å²) < 4.78 is 0. The van der Waals surface area contributed by atoms with Gasteiger partial charge in [-0.3, -0.25) is 4.79 Å². The van der Waals surface area contributed by atoms with Crippen molar-refractivity contribution in [1.29, 1.82) is 5.26 Å². The zero-order chi connectivity index (χ0) is 7.82. The number of amides is 1. The van der Waals surface area contributed by atoms with Gasteiger partial charge in [-0.15, -0.1) is 0 Å². The molecule has 0 saturated carbocycles. The fraction of sp³-hybridized carbons (Fsp3) is 0.667. The van der Waals surface area contributed by atoms with E-state index in [1.165, 1.54) is 0 Å². The fourth-order valence-corrected chi connectivity index (χ4v) is 0.733. The predicted molar refractivity (Wildman–Crippen MR) is 41.6 cm³/mol. The minimum Gasteiger partial charge on any atom is -0.354 e. The van der Waals surface area contributed by atoms with Crippen LogP contribution in [0.3, 0.4) is 0 Å². The SMILES string of the molecule is CSCCNC(=O)CC#N. The lowest BCUT2D eigenvalue weighted by Gasteiger charge is -1.98. The average molecular weight is 158 g/mol. The van der Waals surface area contributed by atoms with E-state index in [-0.39, 0.29) is 12.3 Å². The molecule has 0 heterocycles. The molecular formula is C6H10N2OS. The van der Waals surface area contributed by atoms with E-state index in [4.69, 9.17) is 5.26 Å². The summed E-state index contributed by atoms with van der Waals surface area (Å²) in [5, 5.41) is 10.7. The maximum Gasteiger partial charge on any atom is 0.234 e. The number of carbonyl (C=O) groups is 1. The number of carbonyl (C=O) groups excluding carboxylic acids is 1. The second-order valence-electron chi connectivity index (χ2n) is 1.68. The van der Waals surface area contributed by atoms with Gasteiger partial charge in [-0.2, -0.15) is 17.0 Å². The van der Waals surface area contributed by atoms with Crippen LogP contribution < -0.4 is 5.32 Å². The smallest absolute Gasteiger partial charge is 0.234 e. The van der Waals surface area contributed by atoms with Crippen LogP contribution in [0.2, 0.25) is 0 Å². The van der Waals surface area contributed by atoms with E-state index in [0.29, 0.717) is 6.54 Å². The Hall–Kier alpha value is -0.690. The Balaban J connectivity index is 3.15. The predicted octanol–water partition coefficient (Wildman–Crippen LogP) is 0.379. The van der Waals surface area contributed by atoms with Crippen LogP contribution in [0.1, 0.15) is 6.42 Å². The molecule has 0 unspecified atom stereocenters. The molecule has 0 bridgehead atoms. The number of nitrogens with zero attached hydrogens (tertiary/aromatic N) is 1. The Kier molecular flexibility index (Phi) is 5.99. The molecule has 0 fully saturated rings. The third-order valence-electron chi connectivity index (χ3n) is 0.868. The number of hydrogen-bond acceptors (Lipinski definition) is 3. The number of nitriles is 1. The van der Waals surface area contributed by atoms with Gasteiger partial charge in [0.2, 0.25) is 5.91 Å². The summed E-state index contributed by atoms with van der Waals surface area (Å²) in [5.41, 5.74) is 0. The molecule has 0 aromatic rings. The van der Waals surface area contributed by atoms with E-state index in [1.54, 1.807) is 17.8 Å². The maximum absolute atomic E-state index is 10.6. The lowest BCUT2D eigenvalue weighted by Crippen LogP contribution is -2.24. The van der Waals surface area contributed by atoms with E-state index >= 15 is 0 Å². The number of rotatable bonds is 4. The molecule has 0 aliphatic carbocycles. The summed E-state index contributed by atoms with van der Waals surface area (Å²) in [6, 6.07) is 1.78. The molecule has 0 aromatic carbocycles. The summed E-state index contributed by atoms with van der Waals surface area (Å²) in [7, 11) is 0. The van der Waals surface area contributed by atoms with Gasteiger partial charge in [0.25, 0.3) is 0 Å². The van der Waals surface area contributed by atoms with Crippen molar-refractivity contribution in [2.24, 2.45) is 0 Å². The Bertz CT molecular complexity index is 141. The molecule has 4 heteroatoms. The molecule has 56 valence electrons. The van der Waals surface area contributed by atoms with Crippen LogP contribution in [0.5, 0.6) is 0 Å². The van der Waals surface area contributed by atoms with Crippen LogP contribution >= 0.6 is 11.8 Å². The van der Waals surface area contributed by atoms with Crippen LogP contribution in [0, 0.1) is 11.3 Å². The van der Waals surface area contributed by atoms with Crippen LogP contribution in [0.4, 0.5) is 0 Å². The largest absolute Gasteiger partial charge is 0.354 e. The first kappa shape index (κ1) is 9.31. The van der Waals surface area contributed by atoms with Crippen molar-refractivity contribution < 1.29 is 4.79 Å². The second-order valence-corrected chi connectivity index (χ2v) is 2.66. The number of nitrogens with one attached hydrogen (secondary N) is 1. The maximum atomic E-state index is 10.6. The van der Waals surface area contributed by atoms with Crippen LogP contribution in [-0.2, 0) is 4.79 Å². The van der Waals surface area contributed by atoms with Gasteiger partial charge in [0.15, 0.2) is 0 Å². The highest BCUT2D eigenvalue weighted by Crippen LogP contribution is 1.87. The molecule has 0 atom stereocenters. The molecule has 3 nitrogen and oxygen atoms in total. The highest BCUT2D eigenvalue weighted by Gasteiger charge is 1.95. The topological polar surface area (TPSA) is 52.9 Å². The standard InChI is InChI=1S/C6H10N2OS/c1-10-5-4-8-6(9)2-3-7/h2,4-5H2,1H3,(H,8,9). The van der Waals surface area contributed by atoms with Gasteiger partial charge in [-0.25, -0.2) is 0 Å². The monoisotopic (exact) mass is 158 g/mol. The normalized spacial score (nSPS) is 8.40. The van der Waals surface area contributed by atoms with Crippen molar-refractivity contribution >= 4 is 17.7 Å². The first-order chi connectivity index (χ1) is 4.81. The molecule has 0 radical (unpaired) electrons. The lowest BCUT2D eigenvalue weighted by molar-refractivity contribution is -0.119. The molecule has 10 heavy (non-hydrogen) atoms. The molecular weight excluding hydrogens is 148 g/mol. The minimum atomic E-state index is -0.184. The summed E-state index contributed by atoms with van der Waals surface area (Å²) in [4.78, 5) is 10.6. The van der Waals surface area contributed by atoms with Crippen molar-refractivity contribution in [3.05, 3.63) is 0 Å². The Morgan fingerprint density at radius 1 is 1.80 bits per heavy atom. The van der Waals surface area contributed by atoms with Crippen LogP contribution in [0.15, 0.2) is 0 Å². The van der Waals surface area contributed by atoms with Gasteiger partial charge in [0.1, 0.15) is 6.42 Å². The van der Waals surface area contributed by atoms with Gasteiger partial charge in [0.05, 0.1) is 6.07 Å². The van der Waals surface area contributed by atoms with Crippen molar-refractivity contribution in [2.75, 3.05) is 18.6 Å². The average Bonchev–Trinajstić information content (AvgIpc) is 1.89.